The van der Waals surface area contributed by atoms with Crippen molar-refractivity contribution in [1.82, 2.24) is 0 Å². The first-order valence-corrected chi connectivity index (χ1v) is 6.71. The third-order valence-electron chi connectivity index (χ3n) is 3.49. The summed E-state index contributed by atoms with van der Waals surface area (Å²) in [6.45, 7) is 1.78. The van der Waals surface area contributed by atoms with E-state index in [1.165, 1.54) is 0 Å². The van der Waals surface area contributed by atoms with Crippen molar-refractivity contribution >= 4 is 11.7 Å². The molecule has 0 aliphatic rings. The van der Waals surface area contributed by atoms with E-state index in [1.807, 2.05) is 0 Å². The maximum absolute atomic E-state index is 11.8. The molecular formula is C17H17NO3. The quantitative estimate of drug-likeness (QED) is 0.824. The Hall–Kier alpha value is -2.46. The van der Waals surface area contributed by atoms with Crippen molar-refractivity contribution in [2.75, 3.05) is 0 Å². The lowest BCUT2D eigenvalue weighted by molar-refractivity contribution is -0.133. The molecule has 0 radical (unpaired) electrons. The van der Waals surface area contributed by atoms with Gasteiger partial charge in [-0.1, -0.05) is 61.5 Å². The number of ketones is 1. The molecule has 0 saturated heterocycles. The number of rotatable bonds is 5. The highest BCUT2D eigenvalue weighted by Crippen LogP contribution is 2.29. The van der Waals surface area contributed by atoms with Crippen molar-refractivity contribution in [2.45, 2.75) is 18.9 Å². The van der Waals surface area contributed by atoms with Gasteiger partial charge in [0.2, 0.25) is 0 Å². The summed E-state index contributed by atoms with van der Waals surface area (Å²) in [6.07, 6.45) is 0.401. The molecule has 2 rings (SSSR count). The van der Waals surface area contributed by atoms with E-state index in [1.54, 1.807) is 61.5 Å². The average molecular weight is 283 g/mol. The number of carbonyl (C=O) groups is 2. The summed E-state index contributed by atoms with van der Waals surface area (Å²) in [5.41, 5.74) is 4.78. The number of Topliss-reactive ketones (excluding diaryl/α,β-unsaturated/α-hetero) is 1. The average Bonchev–Trinajstić information content (AvgIpc) is 2.54. The van der Waals surface area contributed by atoms with E-state index in [4.69, 9.17) is 5.73 Å². The largest absolute Gasteiger partial charge is 0.372 e. The lowest BCUT2D eigenvalue weighted by Gasteiger charge is -2.25. The second kappa shape index (κ2) is 5.89. The zero-order valence-electron chi connectivity index (χ0n) is 11.7. The van der Waals surface area contributed by atoms with Crippen LogP contribution in [0.5, 0.6) is 0 Å². The molecule has 0 heterocycles. The molecule has 0 bridgehead atoms. The second-order valence-electron chi connectivity index (χ2n) is 4.79. The summed E-state index contributed by atoms with van der Waals surface area (Å²) in [7, 11) is 0. The van der Waals surface area contributed by atoms with Crippen LogP contribution in [0.15, 0.2) is 54.6 Å². The molecule has 1 atom stereocenters. The zero-order chi connectivity index (χ0) is 15.5. The first-order chi connectivity index (χ1) is 10.00. The Labute approximate surface area is 123 Å². The van der Waals surface area contributed by atoms with Crippen molar-refractivity contribution in [3.8, 4) is 0 Å². The van der Waals surface area contributed by atoms with E-state index in [2.05, 4.69) is 0 Å². The van der Waals surface area contributed by atoms with E-state index in [9.17, 15) is 14.7 Å². The molecule has 108 valence electrons. The number of primary amides is 1. The summed E-state index contributed by atoms with van der Waals surface area (Å²) in [5.74, 6) is -0.854. The standard InChI is InChI=1S/C17H17NO3/c1-2-15(19)12-8-10-14(11-9-12)17(21,16(18)20)13-6-4-3-5-7-13/h3-11,21H,2H2,1H3,(H2,18,20). The Kier molecular flexibility index (Phi) is 4.19. The van der Waals surface area contributed by atoms with Gasteiger partial charge < -0.3 is 10.8 Å². The van der Waals surface area contributed by atoms with Gasteiger partial charge in [0.05, 0.1) is 0 Å². The van der Waals surface area contributed by atoms with Crippen molar-refractivity contribution in [3.63, 3.8) is 0 Å². The minimum absolute atomic E-state index is 0.00359. The molecule has 4 nitrogen and oxygen atoms in total. The van der Waals surface area contributed by atoms with Crippen molar-refractivity contribution < 1.29 is 14.7 Å². The number of hydrogen-bond acceptors (Lipinski definition) is 3. The van der Waals surface area contributed by atoms with Gasteiger partial charge in [-0.05, 0) is 11.1 Å². The smallest absolute Gasteiger partial charge is 0.258 e. The minimum Gasteiger partial charge on any atom is -0.372 e. The van der Waals surface area contributed by atoms with E-state index in [0.717, 1.165) is 0 Å². The van der Waals surface area contributed by atoms with Crippen LogP contribution in [0.1, 0.15) is 34.8 Å². The van der Waals surface area contributed by atoms with Gasteiger partial charge in [0, 0.05) is 12.0 Å². The molecule has 4 heteroatoms. The van der Waals surface area contributed by atoms with E-state index in [-0.39, 0.29) is 5.78 Å². The third-order valence-corrected chi connectivity index (χ3v) is 3.49. The number of benzene rings is 2. The molecule has 0 fully saturated rings. The Morgan fingerprint density at radius 2 is 1.52 bits per heavy atom. The van der Waals surface area contributed by atoms with Gasteiger partial charge in [0.25, 0.3) is 5.91 Å². The van der Waals surface area contributed by atoms with Gasteiger partial charge in [-0.3, -0.25) is 9.59 Å². The lowest BCUT2D eigenvalue weighted by Crippen LogP contribution is -2.42. The van der Waals surface area contributed by atoms with Crippen molar-refractivity contribution in [2.24, 2.45) is 5.73 Å². The van der Waals surface area contributed by atoms with Crippen LogP contribution in [0.25, 0.3) is 0 Å². The first kappa shape index (κ1) is 14.9. The molecule has 0 saturated carbocycles. The molecule has 1 unspecified atom stereocenters. The molecule has 1 amide bonds. The highest BCUT2D eigenvalue weighted by molar-refractivity contribution is 5.96. The molecular weight excluding hydrogens is 266 g/mol. The topological polar surface area (TPSA) is 80.4 Å². The first-order valence-electron chi connectivity index (χ1n) is 6.71. The molecule has 21 heavy (non-hydrogen) atoms. The van der Waals surface area contributed by atoms with Crippen LogP contribution >= 0.6 is 0 Å². The lowest BCUT2D eigenvalue weighted by atomic mass is 9.85. The highest BCUT2D eigenvalue weighted by atomic mass is 16.3. The number of hydrogen-bond donors (Lipinski definition) is 2. The van der Waals surface area contributed by atoms with Crippen LogP contribution in [0, 0.1) is 0 Å². The Morgan fingerprint density at radius 3 is 2.00 bits per heavy atom. The fourth-order valence-corrected chi connectivity index (χ4v) is 2.23. The number of carbonyl (C=O) groups excluding carboxylic acids is 2. The maximum atomic E-state index is 11.8. The van der Waals surface area contributed by atoms with Gasteiger partial charge in [-0.15, -0.1) is 0 Å². The summed E-state index contributed by atoms with van der Waals surface area (Å²) in [6, 6.07) is 14.8. The predicted octanol–water partition coefficient (Wildman–Crippen LogP) is 2.00. The van der Waals surface area contributed by atoms with Crippen molar-refractivity contribution in [3.05, 3.63) is 71.3 Å². The number of aliphatic hydroxyl groups is 1. The maximum Gasteiger partial charge on any atom is 0.258 e. The fraction of sp³-hybridized carbons (Fsp3) is 0.176. The normalized spacial score (nSPS) is 13.4. The molecule has 0 aliphatic heterocycles. The summed E-state index contributed by atoms with van der Waals surface area (Å²) >= 11 is 0. The van der Waals surface area contributed by atoms with Crippen LogP contribution in [0.4, 0.5) is 0 Å². The molecule has 0 spiro atoms. The van der Waals surface area contributed by atoms with E-state index >= 15 is 0 Å². The van der Waals surface area contributed by atoms with Crippen LogP contribution in [0.3, 0.4) is 0 Å². The van der Waals surface area contributed by atoms with Gasteiger partial charge in [0.15, 0.2) is 11.4 Å². The Morgan fingerprint density at radius 1 is 1.00 bits per heavy atom. The SMILES string of the molecule is CCC(=O)c1ccc(C(O)(C(N)=O)c2ccccc2)cc1. The van der Waals surface area contributed by atoms with Crippen LogP contribution < -0.4 is 5.73 Å². The molecule has 3 N–H and O–H groups in total. The number of amides is 1. The van der Waals surface area contributed by atoms with Crippen LogP contribution in [0.2, 0.25) is 0 Å². The second-order valence-corrected chi connectivity index (χ2v) is 4.79. The summed E-state index contributed by atoms with van der Waals surface area (Å²) in [5, 5.41) is 10.8. The van der Waals surface area contributed by atoms with Gasteiger partial charge >= 0.3 is 0 Å². The molecule has 0 aliphatic carbocycles. The summed E-state index contributed by atoms with van der Waals surface area (Å²) in [4.78, 5) is 23.4. The van der Waals surface area contributed by atoms with Gasteiger partial charge in [0.1, 0.15) is 0 Å². The molecule has 2 aromatic carbocycles. The molecule has 2 aromatic rings. The van der Waals surface area contributed by atoms with E-state index in [0.29, 0.717) is 23.1 Å². The van der Waals surface area contributed by atoms with Crippen molar-refractivity contribution in [1.29, 1.82) is 0 Å². The summed E-state index contributed by atoms with van der Waals surface area (Å²) < 4.78 is 0. The predicted molar refractivity (Wildman–Crippen MR) is 79.7 cm³/mol. The van der Waals surface area contributed by atoms with Gasteiger partial charge in [-0.2, -0.15) is 0 Å². The Balaban J connectivity index is 2.49. The van der Waals surface area contributed by atoms with Crippen LogP contribution in [-0.2, 0) is 10.4 Å². The minimum atomic E-state index is -1.91. The number of nitrogens with two attached hydrogens (primary N) is 1. The van der Waals surface area contributed by atoms with Crippen LogP contribution in [-0.4, -0.2) is 16.8 Å². The Bertz CT molecular complexity index is 649. The fourth-order valence-electron chi connectivity index (χ4n) is 2.23. The van der Waals surface area contributed by atoms with Gasteiger partial charge in [-0.25, -0.2) is 0 Å². The zero-order valence-corrected chi connectivity index (χ0v) is 11.7. The van der Waals surface area contributed by atoms with E-state index < -0.39 is 11.5 Å². The monoisotopic (exact) mass is 283 g/mol. The third kappa shape index (κ3) is 2.71. The molecule has 0 aromatic heterocycles. The highest BCUT2D eigenvalue weighted by Gasteiger charge is 2.37.